The van der Waals surface area contributed by atoms with Crippen LogP contribution in [0.4, 0.5) is 5.82 Å². The van der Waals surface area contributed by atoms with Gasteiger partial charge in [-0.05, 0) is 12.1 Å². The van der Waals surface area contributed by atoms with Gasteiger partial charge in [-0.3, -0.25) is 14.0 Å². The minimum atomic E-state index is -0.623. The molecule has 0 radical (unpaired) electrons. The van der Waals surface area contributed by atoms with Crippen molar-refractivity contribution in [2.75, 3.05) is 5.73 Å². The molecular formula is C14H7N5O2S. The molecule has 0 saturated carbocycles. The molecule has 0 unspecified atom stereocenters. The molecule has 3 heterocycles. The van der Waals surface area contributed by atoms with E-state index in [0.29, 0.717) is 4.96 Å². The van der Waals surface area contributed by atoms with Gasteiger partial charge in [-0.25, -0.2) is 0 Å². The largest absolute Gasteiger partial charge is 0.384 e. The zero-order chi connectivity index (χ0) is 15.4. The van der Waals surface area contributed by atoms with Gasteiger partial charge >= 0.3 is 0 Å². The van der Waals surface area contributed by atoms with Gasteiger partial charge in [0.2, 0.25) is 0 Å². The Morgan fingerprint density at radius 2 is 2.09 bits per heavy atom. The van der Waals surface area contributed by atoms with Gasteiger partial charge in [0.05, 0.1) is 15.7 Å². The monoisotopic (exact) mass is 309 g/mol. The van der Waals surface area contributed by atoms with E-state index in [9.17, 15) is 14.9 Å². The van der Waals surface area contributed by atoms with Crippen molar-refractivity contribution < 1.29 is 0 Å². The van der Waals surface area contributed by atoms with Gasteiger partial charge in [-0.1, -0.05) is 23.5 Å². The fourth-order valence-electron chi connectivity index (χ4n) is 2.56. The van der Waals surface area contributed by atoms with E-state index in [4.69, 9.17) is 5.73 Å². The average molecular weight is 309 g/mol. The molecule has 4 rings (SSSR count). The first-order chi connectivity index (χ1) is 10.6. The molecule has 0 amide bonds. The van der Waals surface area contributed by atoms with Crippen LogP contribution in [0.5, 0.6) is 0 Å². The second-order valence-corrected chi connectivity index (χ2v) is 5.69. The number of pyridine rings is 1. The maximum absolute atomic E-state index is 12.2. The van der Waals surface area contributed by atoms with E-state index in [2.05, 4.69) is 9.97 Å². The molecule has 0 aliphatic carbocycles. The lowest BCUT2D eigenvalue weighted by atomic mass is 10.2. The summed E-state index contributed by atoms with van der Waals surface area (Å²) in [7, 11) is 0. The van der Waals surface area contributed by atoms with Gasteiger partial charge in [0, 0.05) is 0 Å². The van der Waals surface area contributed by atoms with Crippen molar-refractivity contribution in [3.63, 3.8) is 0 Å². The van der Waals surface area contributed by atoms with Crippen LogP contribution in [-0.2, 0) is 0 Å². The van der Waals surface area contributed by atoms with Gasteiger partial charge in [0.1, 0.15) is 22.8 Å². The SMILES string of the molecule is N#Cc1c(=O)[nH]c(N)c2c(=O)nc3sc4ccccc4n3c12. The highest BCUT2D eigenvalue weighted by Gasteiger charge is 2.19. The second-order valence-electron chi connectivity index (χ2n) is 4.68. The first-order valence-electron chi connectivity index (χ1n) is 6.27. The number of para-hydroxylation sites is 1. The first-order valence-corrected chi connectivity index (χ1v) is 7.09. The summed E-state index contributed by atoms with van der Waals surface area (Å²) in [4.78, 5) is 31.0. The molecule has 106 valence electrons. The summed E-state index contributed by atoms with van der Waals surface area (Å²) in [6, 6.07) is 9.28. The van der Waals surface area contributed by atoms with Crippen molar-refractivity contribution in [3.8, 4) is 6.07 Å². The number of aromatic amines is 1. The lowest BCUT2D eigenvalue weighted by molar-refractivity contribution is 1.16. The number of benzene rings is 1. The summed E-state index contributed by atoms with van der Waals surface area (Å²) in [5, 5.41) is 9.38. The number of rotatable bonds is 0. The standard InChI is InChI=1S/C14H7N5O2S/c15-5-6-10-9(11(16)17-12(6)20)13(21)18-14-19(10)7-3-1-2-4-8(7)22-14/h1-4H,(H3,16,17,20). The van der Waals surface area contributed by atoms with E-state index in [-0.39, 0.29) is 22.3 Å². The van der Waals surface area contributed by atoms with Crippen LogP contribution >= 0.6 is 11.3 Å². The highest BCUT2D eigenvalue weighted by Crippen LogP contribution is 2.28. The van der Waals surface area contributed by atoms with Gasteiger partial charge in [-0.2, -0.15) is 10.2 Å². The lowest BCUT2D eigenvalue weighted by Crippen LogP contribution is -2.20. The van der Waals surface area contributed by atoms with Crippen LogP contribution in [0.3, 0.4) is 0 Å². The average Bonchev–Trinajstić information content (AvgIpc) is 2.84. The van der Waals surface area contributed by atoms with Crippen molar-refractivity contribution in [1.82, 2.24) is 14.4 Å². The topological polar surface area (TPSA) is 117 Å². The predicted octanol–water partition coefficient (Wildman–Crippen LogP) is 1.20. The molecular weight excluding hydrogens is 302 g/mol. The summed E-state index contributed by atoms with van der Waals surface area (Å²) >= 11 is 1.31. The molecule has 0 aliphatic rings. The Morgan fingerprint density at radius 1 is 1.32 bits per heavy atom. The fourth-order valence-corrected chi connectivity index (χ4v) is 3.57. The minimum absolute atomic E-state index is 0.0530. The van der Waals surface area contributed by atoms with E-state index in [1.165, 1.54) is 11.3 Å². The molecule has 1 aromatic carbocycles. The third kappa shape index (κ3) is 1.45. The third-order valence-corrected chi connectivity index (χ3v) is 4.48. The van der Waals surface area contributed by atoms with Crippen LogP contribution in [0.25, 0.3) is 26.1 Å². The molecule has 3 N–H and O–H groups in total. The number of hydrogen-bond donors (Lipinski definition) is 2. The Balaban J connectivity index is 2.51. The molecule has 4 aromatic rings. The number of aromatic nitrogens is 3. The zero-order valence-electron chi connectivity index (χ0n) is 11.0. The number of fused-ring (bicyclic) bond motifs is 5. The van der Waals surface area contributed by atoms with Gasteiger partial charge < -0.3 is 10.7 Å². The van der Waals surface area contributed by atoms with E-state index < -0.39 is 11.1 Å². The molecule has 22 heavy (non-hydrogen) atoms. The highest BCUT2D eigenvalue weighted by molar-refractivity contribution is 7.23. The summed E-state index contributed by atoms with van der Waals surface area (Å²) in [5.74, 6) is -0.0822. The number of nitrogen functional groups attached to an aromatic ring is 1. The van der Waals surface area contributed by atoms with E-state index in [1.807, 2.05) is 30.3 Å². The minimum Gasteiger partial charge on any atom is -0.384 e. The summed E-state index contributed by atoms with van der Waals surface area (Å²) in [6.45, 7) is 0. The molecule has 7 nitrogen and oxygen atoms in total. The predicted molar refractivity (Wildman–Crippen MR) is 84.1 cm³/mol. The number of nitriles is 1. The Labute approximate surface area is 125 Å². The first kappa shape index (κ1) is 12.6. The van der Waals surface area contributed by atoms with Crippen molar-refractivity contribution in [1.29, 1.82) is 5.26 Å². The number of nitrogens with one attached hydrogen (secondary N) is 1. The van der Waals surface area contributed by atoms with Crippen LogP contribution in [0.2, 0.25) is 0 Å². The molecule has 8 heteroatoms. The Morgan fingerprint density at radius 3 is 2.86 bits per heavy atom. The Bertz CT molecular complexity index is 1240. The highest BCUT2D eigenvalue weighted by atomic mass is 32.1. The molecule has 0 spiro atoms. The zero-order valence-corrected chi connectivity index (χ0v) is 11.8. The molecule has 0 atom stereocenters. The maximum atomic E-state index is 12.2. The number of anilines is 1. The third-order valence-electron chi connectivity index (χ3n) is 3.46. The van der Waals surface area contributed by atoms with Crippen LogP contribution in [0, 0.1) is 11.3 Å². The van der Waals surface area contributed by atoms with Crippen molar-refractivity contribution in [3.05, 3.63) is 50.5 Å². The van der Waals surface area contributed by atoms with Crippen molar-refractivity contribution in [2.24, 2.45) is 0 Å². The Kier molecular flexibility index (Phi) is 2.37. The number of hydrogen-bond acceptors (Lipinski definition) is 6. The second kappa shape index (κ2) is 4.16. The summed E-state index contributed by atoms with van der Waals surface area (Å²) in [6.07, 6.45) is 0. The van der Waals surface area contributed by atoms with E-state index in [1.54, 1.807) is 4.40 Å². The van der Waals surface area contributed by atoms with Crippen LogP contribution in [-0.4, -0.2) is 14.4 Å². The molecule has 0 aliphatic heterocycles. The number of nitrogens with two attached hydrogens (primary N) is 1. The van der Waals surface area contributed by atoms with Gasteiger partial charge in [0.15, 0.2) is 4.96 Å². The quantitative estimate of drug-likeness (QED) is 0.506. The molecule has 0 bridgehead atoms. The van der Waals surface area contributed by atoms with Crippen LogP contribution in [0.15, 0.2) is 33.9 Å². The van der Waals surface area contributed by atoms with Crippen LogP contribution in [0.1, 0.15) is 5.56 Å². The van der Waals surface area contributed by atoms with E-state index >= 15 is 0 Å². The number of thiazole rings is 1. The maximum Gasteiger partial charge on any atom is 0.285 e. The van der Waals surface area contributed by atoms with Crippen molar-refractivity contribution in [2.45, 2.75) is 0 Å². The van der Waals surface area contributed by atoms with Gasteiger partial charge in [-0.15, -0.1) is 0 Å². The summed E-state index contributed by atoms with van der Waals surface area (Å²) < 4.78 is 2.53. The normalized spacial score (nSPS) is 11.2. The van der Waals surface area contributed by atoms with Crippen LogP contribution < -0.4 is 16.9 Å². The molecule has 0 fully saturated rings. The van der Waals surface area contributed by atoms with Gasteiger partial charge in [0.25, 0.3) is 11.1 Å². The van der Waals surface area contributed by atoms with Crippen molar-refractivity contribution >= 4 is 43.2 Å². The lowest BCUT2D eigenvalue weighted by Gasteiger charge is -2.06. The number of nitrogens with zero attached hydrogens (tertiary/aromatic N) is 3. The molecule has 3 aromatic heterocycles. The smallest absolute Gasteiger partial charge is 0.285 e. The fraction of sp³-hybridized carbons (Fsp3) is 0. The van der Waals surface area contributed by atoms with E-state index in [0.717, 1.165) is 10.2 Å². The summed E-state index contributed by atoms with van der Waals surface area (Å²) in [5.41, 5.74) is 5.40. The number of H-pyrrole nitrogens is 1. The Hall–Kier alpha value is -3.18. The molecule has 0 saturated heterocycles.